The number of hydrogen-bond acceptors (Lipinski definition) is 4. The van der Waals surface area contributed by atoms with E-state index in [0.29, 0.717) is 6.61 Å². The molecule has 0 saturated heterocycles. The molecule has 18 heavy (non-hydrogen) atoms. The topological polar surface area (TPSA) is 61.8 Å². The number of ether oxygens (including phenoxy) is 1. The SMILES string of the molecule is CN(C)CCOCCNCC(C(=O)O)C(F)(F)F. The number of nitrogens with zero attached hydrogens (tertiary/aromatic N) is 1. The second-order valence-corrected chi connectivity index (χ2v) is 4.05. The molecule has 0 aliphatic heterocycles. The average molecular weight is 272 g/mol. The van der Waals surface area contributed by atoms with Crippen molar-refractivity contribution >= 4 is 5.97 Å². The van der Waals surface area contributed by atoms with Crippen LogP contribution in [0, 0.1) is 5.92 Å². The molecule has 0 aliphatic rings. The number of rotatable bonds is 9. The first-order chi connectivity index (χ1) is 8.25. The lowest BCUT2D eigenvalue weighted by Gasteiger charge is -2.16. The number of hydrogen-bond donors (Lipinski definition) is 2. The van der Waals surface area contributed by atoms with Gasteiger partial charge in [-0.1, -0.05) is 0 Å². The molecule has 0 radical (unpaired) electrons. The predicted octanol–water partition coefficient (Wildman–Crippen LogP) is 0.417. The van der Waals surface area contributed by atoms with Gasteiger partial charge < -0.3 is 20.1 Å². The Morgan fingerprint density at radius 3 is 2.44 bits per heavy atom. The molecule has 0 spiro atoms. The fraction of sp³-hybridized carbons (Fsp3) is 0.900. The highest BCUT2D eigenvalue weighted by Gasteiger charge is 2.44. The van der Waals surface area contributed by atoms with Gasteiger partial charge in [0.25, 0.3) is 0 Å². The van der Waals surface area contributed by atoms with Gasteiger partial charge in [0.05, 0.1) is 13.2 Å². The van der Waals surface area contributed by atoms with E-state index in [-0.39, 0.29) is 13.2 Å². The van der Waals surface area contributed by atoms with E-state index in [1.165, 1.54) is 0 Å². The van der Waals surface area contributed by atoms with Crippen LogP contribution in [0.1, 0.15) is 0 Å². The summed E-state index contributed by atoms with van der Waals surface area (Å²) in [6.07, 6.45) is -4.73. The lowest BCUT2D eigenvalue weighted by molar-refractivity contribution is -0.192. The Morgan fingerprint density at radius 1 is 1.39 bits per heavy atom. The molecular weight excluding hydrogens is 253 g/mol. The zero-order valence-corrected chi connectivity index (χ0v) is 10.5. The molecule has 0 rings (SSSR count). The van der Waals surface area contributed by atoms with Crippen LogP contribution in [0.5, 0.6) is 0 Å². The number of carboxylic acid groups (broad SMARTS) is 1. The second-order valence-electron chi connectivity index (χ2n) is 4.05. The van der Waals surface area contributed by atoms with E-state index in [1.54, 1.807) is 0 Å². The van der Waals surface area contributed by atoms with Crippen molar-refractivity contribution in [2.75, 3.05) is 46.9 Å². The molecule has 2 N–H and O–H groups in total. The molecule has 0 fully saturated rings. The molecule has 8 heteroatoms. The smallest absolute Gasteiger partial charge is 0.403 e. The molecule has 0 amide bonds. The van der Waals surface area contributed by atoms with Crippen molar-refractivity contribution in [2.24, 2.45) is 5.92 Å². The largest absolute Gasteiger partial charge is 0.481 e. The molecule has 5 nitrogen and oxygen atoms in total. The first-order valence-corrected chi connectivity index (χ1v) is 5.48. The van der Waals surface area contributed by atoms with Gasteiger partial charge in [-0.05, 0) is 14.1 Å². The molecular formula is C10H19F3N2O3. The molecule has 0 bridgehead atoms. The van der Waals surface area contributed by atoms with Gasteiger partial charge in [0.2, 0.25) is 0 Å². The van der Waals surface area contributed by atoms with Crippen LogP contribution in [-0.4, -0.2) is 69.1 Å². The van der Waals surface area contributed by atoms with Crippen LogP contribution in [0.25, 0.3) is 0 Å². The zero-order valence-electron chi connectivity index (χ0n) is 10.5. The monoisotopic (exact) mass is 272 g/mol. The van der Waals surface area contributed by atoms with Gasteiger partial charge in [-0.2, -0.15) is 13.2 Å². The van der Waals surface area contributed by atoms with Crippen molar-refractivity contribution in [1.29, 1.82) is 0 Å². The first-order valence-electron chi connectivity index (χ1n) is 5.48. The van der Waals surface area contributed by atoms with Gasteiger partial charge in [0.15, 0.2) is 5.92 Å². The quantitative estimate of drug-likeness (QED) is 0.596. The van der Waals surface area contributed by atoms with Crippen molar-refractivity contribution in [3.05, 3.63) is 0 Å². The Bertz CT molecular complexity index is 247. The van der Waals surface area contributed by atoms with Gasteiger partial charge in [0.1, 0.15) is 0 Å². The number of nitrogens with one attached hydrogen (secondary N) is 1. The van der Waals surface area contributed by atoms with Crippen LogP contribution < -0.4 is 5.32 Å². The maximum absolute atomic E-state index is 12.2. The summed E-state index contributed by atoms with van der Waals surface area (Å²) in [7, 11) is 3.75. The van der Waals surface area contributed by atoms with Gasteiger partial charge >= 0.3 is 12.1 Å². The molecule has 108 valence electrons. The summed E-state index contributed by atoms with van der Waals surface area (Å²) in [6, 6.07) is 0. The molecule has 0 aromatic carbocycles. The van der Waals surface area contributed by atoms with E-state index < -0.39 is 24.6 Å². The number of carbonyl (C=O) groups is 1. The maximum atomic E-state index is 12.2. The fourth-order valence-electron chi connectivity index (χ4n) is 1.08. The molecule has 0 aromatic heterocycles. The van der Waals surface area contributed by atoms with Gasteiger partial charge in [-0.15, -0.1) is 0 Å². The molecule has 0 aliphatic carbocycles. The van der Waals surface area contributed by atoms with Gasteiger partial charge in [-0.25, -0.2) is 0 Å². The van der Waals surface area contributed by atoms with E-state index in [2.05, 4.69) is 5.32 Å². The summed E-state index contributed by atoms with van der Waals surface area (Å²) in [5.74, 6) is -4.25. The Morgan fingerprint density at radius 2 is 2.00 bits per heavy atom. The number of carboxylic acids is 1. The Hall–Kier alpha value is -0.860. The molecule has 0 saturated carbocycles. The summed E-state index contributed by atoms with van der Waals surface area (Å²) >= 11 is 0. The second kappa shape index (κ2) is 8.28. The number of alkyl halides is 3. The van der Waals surface area contributed by atoms with E-state index >= 15 is 0 Å². The third kappa shape index (κ3) is 8.26. The third-order valence-corrected chi connectivity index (χ3v) is 2.15. The number of likely N-dealkylation sites (N-methyl/N-ethyl adjacent to an activating group) is 1. The van der Waals surface area contributed by atoms with Crippen LogP contribution in [0.2, 0.25) is 0 Å². The van der Waals surface area contributed by atoms with Gasteiger partial charge in [0, 0.05) is 19.6 Å². The number of aliphatic carboxylic acids is 1. The van der Waals surface area contributed by atoms with Crippen molar-refractivity contribution in [3.63, 3.8) is 0 Å². The molecule has 0 aromatic rings. The van der Waals surface area contributed by atoms with E-state index in [9.17, 15) is 18.0 Å². The minimum Gasteiger partial charge on any atom is -0.481 e. The Kier molecular flexibility index (Phi) is 7.88. The standard InChI is InChI=1S/C10H19F3N2O3/c1-15(2)4-6-18-5-3-14-7-8(9(16)17)10(11,12)13/h8,14H,3-7H2,1-2H3,(H,16,17). The lowest BCUT2D eigenvalue weighted by Crippen LogP contribution is -2.40. The first kappa shape index (κ1) is 17.1. The maximum Gasteiger partial charge on any atom is 0.403 e. The summed E-state index contributed by atoms with van der Waals surface area (Å²) in [6.45, 7) is 0.998. The van der Waals surface area contributed by atoms with E-state index in [1.807, 2.05) is 19.0 Å². The highest BCUT2D eigenvalue weighted by Crippen LogP contribution is 2.25. The summed E-state index contributed by atoms with van der Waals surface area (Å²) in [5, 5.41) is 10.8. The van der Waals surface area contributed by atoms with Crippen LogP contribution in [0.15, 0.2) is 0 Å². The minimum absolute atomic E-state index is 0.188. The molecule has 0 heterocycles. The van der Waals surface area contributed by atoms with Crippen molar-refractivity contribution in [3.8, 4) is 0 Å². The third-order valence-electron chi connectivity index (χ3n) is 2.15. The van der Waals surface area contributed by atoms with Crippen LogP contribution >= 0.6 is 0 Å². The Balaban J connectivity index is 3.66. The van der Waals surface area contributed by atoms with Crippen molar-refractivity contribution < 1.29 is 27.8 Å². The normalized spacial score (nSPS) is 13.9. The van der Waals surface area contributed by atoms with Crippen molar-refractivity contribution in [1.82, 2.24) is 10.2 Å². The summed E-state index contributed by atoms with van der Waals surface area (Å²) < 4.78 is 41.8. The zero-order chi connectivity index (χ0) is 14.2. The lowest BCUT2D eigenvalue weighted by atomic mass is 10.1. The fourth-order valence-corrected chi connectivity index (χ4v) is 1.08. The summed E-state index contributed by atoms with van der Waals surface area (Å²) in [5.41, 5.74) is 0. The van der Waals surface area contributed by atoms with Crippen LogP contribution in [-0.2, 0) is 9.53 Å². The van der Waals surface area contributed by atoms with Gasteiger partial charge in [-0.3, -0.25) is 4.79 Å². The molecule has 1 unspecified atom stereocenters. The highest BCUT2D eigenvalue weighted by atomic mass is 19.4. The molecule has 1 atom stereocenters. The Labute approximate surface area is 104 Å². The van der Waals surface area contributed by atoms with Crippen molar-refractivity contribution in [2.45, 2.75) is 6.18 Å². The van der Waals surface area contributed by atoms with Crippen LogP contribution in [0.4, 0.5) is 13.2 Å². The van der Waals surface area contributed by atoms with Crippen LogP contribution in [0.3, 0.4) is 0 Å². The summed E-state index contributed by atoms with van der Waals surface area (Å²) in [4.78, 5) is 12.3. The number of halogens is 3. The van der Waals surface area contributed by atoms with E-state index in [0.717, 1.165) is 6.54 Å². The van der Waals surface area contributed by atoms with E-state index in [4.69, 9.17) is 9.84 Å². The minimum atomic E-state index is -4.73. The average Bonchev–Trinajstić information content (AvgIpc) is 2.18. The predicted molar refractivity (Wildman–Crippen MR) is 59.4 cm³/mol. The highest BCUT2D eigenvalue weighted by molar-refractivity contribution is 5.71.